The largest absolute Gasteiger partial charge is 0.506 e. The summed E-state index contributed by atoms with van der Waals surface area (Å²) in [6, 6.07) is 9.95. The zero-order valence-corrected chi connectivity index (χ0v) is 29.2. The predicted octanol–water partition coefficient (Wildman–Crippen LogP) is 4.93. The molecule has 10 nitrogen and oxygen atoms in total. The van der Waals surface area contributed by atoms with E-state index in [0.29, 0.717) is 51.6 Å². The van der Waals surface area contributed by atoms with Crippen molar-refractivity contribution >= 4 is 35.1 Å². The summed E-state index contributed by atoms with van der Waals surface area (Å²) < 4.78 is 41.3. The number of fused-ring (bicyclic) bond motifs is 1. The molecule has 272 valence electrons. The van der Waals surface area contributed by atoms with Crippen LogP contribution in [0.5, 0.6) is 5.75 Å². The molecular weight excluding hydrogens is 673 g/mol. The highest BCUT2D eigenvalue weighted by molar-refractivity contribution is 6.32. The van der Waals surface area contributed by atoms with Crippen molar-refractivity contribution < 1.29 is 32.7 Å². The number of hydrogen-bond acceptors (Lipinski definition) is 6. The fraction of sp³-hybridized carbons (Fsp3) is 0.583. The number of aromatic hydroxyl groups is 1. The highest BCUT2D eigenvalue weighted by Crippen LogP contribution is 2.41. The summed E-state index contributed by atoms with van der Waals surface area (Å²) in [6.45, 7) is 6.34. The van der Waals surface area contributed by atoms with E-state index >= 15 is 0 Å². The van der Waals surface area contributed by atoms with Gasteiger partial charge < -0.3 is 30.0 Å². The summed E-state index contributed by atoms with van der Waals surface area (Å²) in [7, 11) is 2.11. The Hall–Kier alpha value is -3.55. The van der Waals surface area contributed by atoms with Gasteiger partial charge in [-0.1, -0.05) is 29.8 Å². The lowest BCUT2D eigenvalue weighted by Gasteiger charge is -2.42. The van der Waals surface area contributed by atoms with Crippen LogP contribution >= 0.6 is 11.6 Å². The number of carbonyl (C=O) groups is 3. The molecule has 2 N–H and O–H groups in total. The number of halogens is 4. The number of benzene rings is 2. The Bertz CT molecular complexity index is 1550. The molecule has 6 rings (SSSR count). The fourth-order valence-electron chi connectivity index (χ4n) is 7.92. The molecule has 4 heterocycles. The molecule has 0 bridgehead atoms. The molecule has 14 heteroatoms. The third kappa shape index (κ3) is 8.32. The number of likely N-dealkylation sites (tertiary alicyclic amines) is 2. The van der Waals surface area contributed by atoms with Crippen LogP contribution in [0.4, 0.5) is 23.7 Å². The summed E-state index contributed by atoms with van der Waals surface area (Å²) in [4.78, 5) is 51.0. The molecule has 2 aromatic rings. The molecule has 1 atom stereocenters. The number of alkyl halides is 3. The number of piperazine rings is 1. The monoisotopic (exact) mass is 718 g/mol. The van der Waals surface area contributed by atoms with E-state index in [1.54, 1.807) is 9.80 Å². The molecule has 0 saturated carbocycles. The van der Waals surface area contributed by atoms with Gasteiger partial charge in [-0.3, -0.25) is 14.5 Å². The van der Waals surface area contributed by atoms with Crippen molar-refractivity contribution in [3.63, 3.8) is 0 Å². The number of phenolic OH excluding ortho intramolecular Hbond substituents is 1. The zero-order chi connectivity index (χ0) is 35.6. The summed E-state index contributed by atoms with van der Waals surface area (Å²) in [5.74, 6) is -2.47. The normalized spacial score (nSPS) is 21.1. The lowest BCUT2D eigenvalue weighted by atomic mass is 9.91. The molecule has 0 aromatic heterocycles. The van der Waals surface area contributed by atoms with Gasteiger partial charge in [-0.15, -0.1) is 0 Å². The molecule has 2 aromatic carbocycles. The van der Waals surface area contributed by atoms with Crippen LogP contribution in [0.25, 0.3) is 0 Å². The number of rotatable bonds is 7. The number of likely N-dealkylation sites (N-methyl/N-ethyl adjacent to an activating group) is 1. The first kappa shape index (κ1) is 36.2. The fourth-order valence-corrected chi connectivity index (χ4v) is 8.16. The van der Waals surface area contributed by atoms with E-state index in [9.17, 15) is 32.7 Å². The van der Waals surface area contributed by atoms with Crippen LogP contribution in [0.2, 0.25) is 5.02 Å². The molecule has 3 saturated heterocycles. The summed E-state index contributed by atoms with van der Waals surface area (Å²) in [5.41, 5.74) is 0.746. The maximum atomic E-state index is 14.1. The number of piperidine rings is 2. The van der Waals surface area contributed by atoms with Crippen molar-refractivity contribution in [2.24, 2.45) is 5.92 Å². The third-order valence-corrected chi connectivity index (χ3v) is 11.2. The Kier molecular flexibility index (Phi) is 11.1. The van der Waals surface area contributed by atoms with Gasteiger partial charge in [-0.25, -0.2) is 4.79 Å². The lowest BCUT2D eigenvalue weighted by Crippen LogP contribution is -2.53. The average Bonchev–Trinajstić information content (AvgIpc) is 3.27. The number of carbonyl (C=O) groups excluding carboxylic acids is 3. The predicted molar refractivity (Wildman–Crippen MR) is 184 cm³/mol. The van der Waals surface area contributed by atoms with Gasteiger partial charge in [0, 0.05) is 83.1 Å². The van der Waals surface area contributed by atoms with Gasteiger partial charge in [0.2, 0.25) is 11.8 Å². The molecule has 3 fully saturated rings. The quantitative estimate of drug-likeness (QED) is 0.422. The summed E-state index contributed by atoms with van der Waals surface area (Å²) in [6.07, 6.45) is -1.67. The Morgan fingerprint density at radius 1 is 0.920 bits per heavy atom. The number of nitrogens with one attached hydrogen (secondary N) is 1. The van der Waals surface area contributed by atoms with E-state index < -0.39 is 28.4 Å². The second kappa shape index (κ2) is 15.4. The Morgan fingerprint density at radius 3 is 2.24 bits per heavy atom. The minimum absolute atomic E-state index is 0.0488. The molecule has 50 heavy (non-hydrogen) atoms. The minimum atomic E-state index is -4.85. The van der Waals surface area contributed by atoms with Gasteiger partial charge >= 0.3 is 12.2 Å². The van der Waals surface area contributed by atoms with Crippen LogP contribution < -0.4 is 5.32 Å². The maximum Gasteiger partial charge on any atom is 0.420 e. The molecule has 0 aliphatic carbocycles. The van der Waals surface area contributed by atoms with Gasteiger partial charge in [0.05, 0.1) is 16.5 Å². The summed E-state index contributed by atoms with van der Waals surface area (Å²) in [5, 5.41) is 12.6. The van der Waals surface area contributed by atoms with Crippen molar-refractivity contribution in [1.29, 1.82) is 0 Å². The third-order valence-electron chi connectivity index (χ3n) is 10.9. The SMILES string of the molecule is CN1CCN(C2CCN(C(=O)[C@H](CC(=O)N3CCC(N4CCc5ccccc5NC4=O)CC3)Cc3cc(Cl)c(O)c(C(F)(F)F)c3)CC2)CC1. The van der Waals surface area contributed by atoms with E-state index in [0.717, 1.165) is 62.8 Å². The smallest absolute Gasteiger partial charge is 0.420 e. The molecule has 0 spiro atoms. The summed E-state index contributed by atoms with van der Waals surface area (Å²) >= 11 is 6.03. The molecular formula is C36H46ClF3N6O4. The zero-order valence-electron chi connectivity index (χ0n) is 28.4. The van der Waals surface area contributed by atoms with Crippen molar-refractivity contribution in [3.05, 3.63) is 58.1 Å². The molecule has 0 unspecified atom stereocenters. The molecule has 4 amide bonds. The first-order valence-electron chi connectivity index (χ1n) is 17.6. The van der Waals surface area contributed by atoms with E-state index in [1.165, 1.54) is 6.07 Å². The number of nitrogens with zero attached hydrogens (tertiary/aromatic N) is 5. The molecule has 4 aliphatic rings. The highest BCUT2D eigenvalue weighted by Gasteiger charge is 2.38. The first-order chi connectivity index (χ1) is 23.9. The van der Waals surface area contributed by atoms with Crippen LogP contribution in [0.3, 0.4) is 0 Å². The van der Waals surface area contributed by atoms with Gasteiger partial charge in [-0.05, 0) is 74.9 Å². The van der Waals surface area contributed by atoms with Crippen molar-refractivity contribution in [2.75, 3.05) is 71.3 Å². The van der Waals surface area contributed by atoms with Gasteiger partial charge in [0.15, 0.2) is 0 Å². The number of amides is 4. The second-order valence-corrected chi connectivity index (χ2v) is 14.5. The van der Waals surface area contributed by atoms with Crippen LogP contribution in [0.15, 0.2) is 36.4 Å². The number of phenols is 1. The van der Waals surface area contributed by atoms with Crippen LogP contribution in [0.1, 0.15) is 48.8 Å². The van der Waals surface area contributed by atoms with Crippen molar-refractivity contribution in [3.8, 4) is 5.75 Å². The lowest BCUT2D eigenvalue weighted by molar-refractivity contribution is -0.143. The van der Waals surface area contributed by atoms with Gasteiger partial charge in [-0.2, -0.15) is 13.2 Å². The van der Waals surface area contributed by atoms with Crippen molar-refractivity contribution in [1.82, 2.24) is 24.5 Å². The topological polar surface area (TPSA) is 99.7 Å². The van der Waals surface area contributed by atoms with Crippen LogP contribution in [-0.2, 0) is 28.6 Å². The standard InChI is InChI=1S/C36H46ClF3N6O4/c1-42-16-18-43(19-17-42)27-7-13-45(14-8-27)34(49)26(20-24-21-29(36(38,39)40)33(48)30(37)22-24)23-32(47)44-11-9-28(10-12-44)46-15-6-25-4-2-3-5-31(25)41-35(46)50/h2-5,21-22,26-28,48H,6-20,23H2,1H3,(H,41,50)/t26-/m0/s1. The van der Waals surface area contributed by atoms with Crippen LogP contribution in [-0.4, -0.2) is 125 Å². The number of urea groups is 1. The first-order valence-corrected chi connectivity index (χ1v) is 18.0. The van der Waals surface area contributed by atoms with Crippen LogP contribution in [0, 0.1) is 5.92 Å². The van der Waals surface area contributed by atoms with Gasteiger partial charge in [0.25, 0.3) is 0 Å². The molecule has 4 aliphatic heterocycles. The molecule has 0 radical (unpaired) electrons. The Balaban J connectivity index is 1.12. The minimum Gasteiger partial charge on any atom is -0.506 e. The highest BCUT2D eigenvalue weighted by atomic mass is 35.5. The van der Waals surface area contributed by atoms with Gasteiger partial charge in [0.1, 0.15) is 5.75 Å². The second-order valence-electron chi connectivity index (χ2n) is 14.1. The Labute approximate surface area is 296 Å². The number of hydrogen-bond donors (Lipinski definition) is 2. The van der Waals surface area contributed by atoms with E-state index in [2.05, 4.69) is 22.2 Å². The van der Waals surface area contributed by atoms with Crippen molar-refractivity contribution in [2.45, 2.75) is 63.2 Å². The van der Waals surface area contributed by atoms with E-state index in [1.807, 2.05) is 29.2 Å². The van der Waals surface area contributed by atoms with E-state index in [-0.39, 0.29) is 42.3 Å². The van der Waals surface area contributed by atoms with E-state index in [4.69, 9.17) is 11.6 Å². The Morgan fingerprint density at radius 2 is 1.56 bits per heavy atom. The maximum absolute atomic E-state index is 14.1. The number of para-hydroxylation sites is 1. The number of anilines is 1. The average molecular weight is 719 g/mol.